The number of hydrogen-bond acceptors (Lipinski definition) is 2. The molecule has 0 radical (unpaired) electrons. The molecular weight excluding hydrogens is 228 g/mol. The number of aldehydes is 1. The Morgan fingerprint density at radius 3 is 2.50 bits per heavy atom. The highest BCUT2D eigenvalue weighted by molar-refractivity contribution is 6.03. The van der Waals surface area contributed by atoms with Crippen LogP contribution in [-0.2, 0) is 0 Å². The zero-order valence-electron chi connectivity index (χ0n) is 10.3. The molecule has 3 nitrogen and oxygen atoms in total. The predicted octanol–water partition coefficient (Wildman–Crippen LogP) is 3.43. The minimum atomic E-state index is -1.01. The number of rotatable bonds is 3. The maximum atomic E-state index is 11.2. The van der Waals surface area contributed by atoms with Crippen molar-refractivity contribution in [1.29, 1.82) is 0 Å². The number of carbonyl (C=O) groups excluding carboxylic acids is 1. The summed E-state index contributed by atoms with van der Waals surface area (Å²) in [6, 6.07) is 8.89. The van der Waals surface area contributed by atoms with Gasteiger partial charge in [-0.2, -0.15) is 0 Å². The third-order valence-electron chi connectivity index (χ3n) is 3.08. The molecule has 0 bridgehead atoms. The van der Waals surface area contributed by atoms with Crippen LogP contribution in [0.4, 0.5) is 0 Å². The molecule has 0 aromatic heterocycles. The van der Waals surface area contributed by atoms with Crippen molar-refractivity contribution in [2.75, 3.05) is 0 Å². The molecule has 2 aliphatic carbocycles. The summed E-state index contributed by atoms with van der Waals surface area (Å²) in [5, 5.41) is 9.19. The van der Waals surface area contributed by atoms with Gasteiger partial charge in [0, 0.05) is 5.56 Å². The highest BCUT2D eigenvalue weighted by Gasteiger charge is 2.19. The largest absolute Gasteiger partial charge is 0.478 e. The van der Waals surface area contributed by atoms with Crippen molar-refractivity contribution in [3.63, 3.8) is 0 Å². The van der Waals surface area contributed by atoms with Crippen LogP contribution < -0.4 is 0 Å². The van der Waals surface area contributed by atoms with Gasteiger partial charge < -0.3 is 5.11 Å². The summed E-state index contributed by atoms with van der Waals surface area (Å²) in [7, 11) is 0. The minimum absolute atomic E-state index is 0.185. The predicted molar refractivity (Wildman–Crippen MR) is 69.5 cm³/mol. The Hall–Kier alpha value is -2.16. The summed E-state index contributed by atoms with van der Waals surface area (Å²) in [6.45, 7) is 4.09. The molecule has 0 spiro atoms. The third-order valence-corrected chi connectivity index (χ3v) is 3.08. The van der Waals surface area contributed by atoms with Crippen LogP contribution in [0.2, 0.25) is 0 Å². The van der Waals surface area contributed by atoms with E-state index in [-0.39, 0.29) is 5.56 Å². The van der Waals surface area contributed by atoms with Gasteiger partial charge in [-0.1, -0.05) is 38.1 Å². The van der Waals surface area contributed by atoms with Crippen molar-refractivity contribution in [2.45, 2.75) is 19.8 Å². The Bertz CT molecular complexity index is 585. The molecule has 0 unspecified atom stereocenters. The van der Waals surface area contributed by atoms with Gasteiger partial charge in [0.2, 0.25) is 0 Å². The minimum Gasteiger partial charge on any atom is -0.478 e. The van der Waals surface area contributed by atoms with Crippen molar-refractivity contribution in [1.82, 2.24) is 0 Å². The topological polar surface area (TPSA) is 54.4 Å². The summed E-state index contributed by atoms with van der Waals surface area (Å²) in [6.07, 6.45) is 0.698. The molecule has 0 atom stereocenters. The highest BCUT2D eigenvalue weighted by atomic mass is 16.4. The second-order valence-corrected chi connectivity index (χ2v) is 4.59. The van der Waals surface area contributed by atoms with Crippen molar-refractivity contribution in [3.8, 4) is 11.1 Å². The summed E-state index contributed by atoms with van der Waals surface area (Å²) < 4.78 is 0. The lowest BCUT2D eigenvalue weighted by Crippen LogP contribution is -1.95. The fraction of sp³-hybridized carbons (Fsp3) is 0.200. The second kappa shape index (κ2) is 4.61. The Kier molecular flexibility index (Phi) is 3.15. The number of hydrogen-bond donors (Lipinski definition) is 1. The maximum Gasteiger partial charge on any atom is 0.336 e. The zero-order chi connectivity index (χ0) is 13.3. The standard InChI is InChI=1S/C15H14O3/c1-9(2)10-4-3-5-12-11(8-16)7-14(15(17)18)13(12)6-10/h3-9H,1-2H3,(H,17,18). The first-order valence-corrected chi connectivity index (χ1v) is 5.79. The van der Waals surface area contributed by atoms with E-state index in [4.69, 9.17) is 0 Å². The first-order valence-electron chi connectivity index (χ1n) is 5.79. The van der Waals surface area contributed by atoms with E-state index in [9.17, 15) is 14.7 Å². The number of fused-ring (bicyclic) bond motifs is 1. The molecule has 0 heterocycles. The molecular formula is C15H14O3. The van der Waals surface area contributed by atoms with Crippen LogP contribution in [0.1, 0.15) is 46.0 Å². The summed E-state index contributed by atoms with van der Waals surface area (Å²) in [5.74, 6) is -0.703. The Labute approximate surface area is 105 Å². The van der Waals surface area contributed by atoms with Crippen LogP contribution in [0.25, 0.3) is 11.1 Å². The highest BCUT2D eigenvalue weighted by Crippen LogP contribution is 2.33. The maximum absolute atomic E-state index is 11.2. The van der Waals surface area contributed by atoms with E-state index in [0.717, 1.165) is 5.56 Å². The zero-order valence-corrected chi connectivity index (χ0v) is 10.3. The van der Waals surface area contributed by atoms with E-state index in [1.54, 1.807) is 6.07 Å². The van der Waals surface area contributed by atoms with Crippen LogP contribution in [-0.4, -0.2) is 17.4 Å². The Balaban J connectivity index is 2.76. The molecule has 0 fully saturated rings. The van der Waals surface area contributed by atoms with Gasteiger partial charge in [-0.15, -0.1) is 0 Å². The lowest BCUT2D eigenvalue weighted by atomic mass is 10.0. The smallest absolute Gasteiger partial charge is 0.336 e. The molecule has 2 rings (SSSR count). The van der Waals surface area contributed by atoms with Gasteiger partial charge in [0.15, 0.2) is 6.29 Å². The van der Waals surface area contributed by atoms with E-state index in [0.29, 0.717) is 28.9 Å². The first kappa shape index (κ1) is 12.3. The van der Waals surface area contributed by atoms with Gasteiger partial charge >= 0.3 is 5.97 Å². The SMILES string of the molecule is CC(C)c1cccc2c(C=O)cc(C(=O)O)c-2c1. The quantitative estimate of drug-likeness (QED) is 0.839. The summed E-state index contributed by atoms with van der Waals surface area (Å²) in [5.41, 5.74) is 2.97. The van der Waals surface area contributed by atoms with Gasteiger partial charge in [-0.25, -0.2) is 4.79 Å². The van der Waals surface area contributed by atoms with E-state index in [1.165, 1.54) is 6.07 Å². The van der Waals surface area contributed by atoms with Gasteiger partial charge in [0.05, 0.1) is 5.56 Å². The fourth-order valence-corrected chi connectivity index (χ4v) is 2.06. The van der Waals surface area contributed by atoms with Gasteiger partial charge in [-0.05, 0) is 28.7 Å². The lowest BCUT2D eigenvalue weighted by Gasteiger charge is -2.03. The molecule has 92 valence electrons. The second-order valence-electron chi connectivity index (χ2n) is 4.59. The molecule has 0 saturated carbocycles. The van der Waals surface area contributed by atoms with Crippen LogP contribution in [0, 0.1) is 0 Å². The van der Waals surface area contributed by atoms with Gasteiger partial charge in [0.1, 0.15) is 0 Å². The number of carbonyl (C=O) groups is 2. The normalized spacial score (nSPS) is 10.8. The first-order chi connectivity index (χ1) is 8.54. The molecule has 2 aliphatic rings. The number of carboxylic acids is 1. The van der Waals surface area contributed by atoms with Gasteiger partial charge in [0.25, 0.3) is 0 Å². The molecule has 0 amide bonds. The molecule has 0 saturated heterocycles. The van der Waals surface area contributed by atoms with Crippen molar-refractivity contribution >= 4 is 12.3 Å². The molecule has 18 heavy (non-hydrogen) atoms. The lowest BCUT2D eigenvalue weighted by molar-refractivity contribution is 0.0698. The fourth-order valence-electron chi connectivity index (χ4n) is 2.06. The number of carboxylic acid groups (broad SMARTS) is 1. The van der Waals surface area contributed by atoms with Crippen LogP contribution in [0.5, 0.6) is 0 Å². The van der Waals surface area contributed by atoms with Crippen LogP contribution in [0.15, 0.2) is 30.3 Å². The van der Waals surface area contributed by atoms with Crippen LogP contribution in [0.3, 0.4) is 0 Å². The van der Waals surface area contributed by atoms with Crippen molar-refractivity contribution in [3.05, 3.63) is 47.0 Å². The summed E-state index contributed by atoms with van der Waals surface area (Å²) >= 11 is 0. The average Bonchev–Trinajstić information content (AvgIpc) is 2.52. The molecule has 0 aromatic carbocycles. The van der Waals surface area contributed by atoms with Crippen molar-refractivity contribution in [2.24, 2.45) is 0 Å². The Morgan fingerprint density at radius 2 is 1.94 bits per heavy atom. The van der Waals surface area contributed by atoms with E-state index >= 15 is 0 Å². The average molecular weight is 242 g/mol. The third kappa shape index (κ3) is 1.99. The van der Waals surface area contributed by atoms with Crippen LogP contribution >= 0.6 is 0 Å². The van der Waals surface area contributed by atoms with E-state index in [2.05, 4.69) is 0 Å². The van der Waals surface area contributed by atoms with Crippen molar-refractivity contribution < 1.29 is 14.7 Å². The molecule has 0 aromatic rings. The molecule has 1 N–H and O–H groups in total. The number of aromatic carboxylic acids is 1. The van der Waals surface area contributed by atoms with E-state index in [1.807, 2.05) is 32.0 Å². The Morgan fingerprint density at radius 1 is 1.22 bits per heavy atom. The van der Waals surface area contributed by atoms with E-state index < -0.39 is 5.97 Å². The monoisotopic (exact) mass is 242 g/mol. The molecule has 0 aliphatic heterocycles. The summed E-state index contributed by atoms with van der Waals surface area (Å²) in [4.78, 5) is 22.2. The molecule has 3 heteroatoms. The van der Waals surface area contributed by atoms with Gasteiger partial charge in [-0.3, -0.25) is 4.79 Å².